The minimum atomic E-state index is -2.41. The van der Waals surface area contributed by atoms with Crippen molar-refractivity contribution in [2.45, 2.75) is 64.2 Å². The Morgan fingerprint density at radius 2 is 0.872 bits per heavy atom. The fourth-order valence-corrected chi connectivity index (χ4v) is 19.1. The zero-order valence-electron chi connectivity index (χ0n) is 28.2. The third-order valence-corrected chi connectivity index (χ3v) is 18.3. The highest BCUT2D eigenvalue weighted by atomic mass is 28.5. The molecule has 260 valence electrons. The molecule has 2 N–H and O–H groups in total. The van der Waals surface area contributed by atoms with Gasteiger partial charge in [0.25, 0.3) is 0 Å². The van der Waals surface area contributed by atoms with Gasteiger partial charge in [-0.1, -0.05) is 24.3 Å². The summed E-state index contributed by atoms with van der Waals surface area (Å²) in [6.07, 6.45) is 1.58. The van der Waals surface area contributed by atoms with E-state index < -0.39 is 49.1 Å². The van der Waals surface area contributed by atoms with Gasteiger partial charge in [0, 0.05) is 13.2 Å². The Labute approximate surface area is 279 Å². The molecule has 15 heteroatoms. The lowest BCUT2D eigenvalue weighted by atomic mass is 10.1. The van der Waals surface area contributed by atoms with E-state index in [1.54, 1.807) is 24.3 Å². The molecule has 0 saturated heterocycles. The smallest absolute Gasteiger partial charge is 0.339 e. The normalized spacial score (nSPS) is 12.0. The predicted octanol–water partition coefficient (Wildman–Crippen LogP) is 6.06. The molecule has 0 aromatic heterocycles. The number of benzene rings is 2. The maximum Gasteiger partial charge on any atom is 0.339 e. The topological polar surface area (TPSA) is 164 Å². The maximum atomic E-state index is 12.2. The number of hydrogen-bond acceptors (Lipinski definition) is 10. The first kappa shape index (κ1) is 40.0. The Morgan fingerprint density at radius 3 is 1.21 bits per heavy atom. The zero-order valence-corrected chi connectivity index (χ0v) is 31.2. The molecule has 2 aromatic carbocycles. The fourth-order valence-electron chi connectivity index (χ4n) is 5.09. The SMILES string of the molecule is C[Si](C)(CCCOCCOC(=O)c1ccccc1C(=O)O)O[Si](C)(C)O[Si](C)(C)CCCOCCOC(=O)c1ccccc1C(=O)O. The highest BCUT2D eigenvalue weighted by Crippen LogP contribution is 2.26. The van der Waals surface area contributed by atoms with Crippen LogP contribution in [0.3, 0.4) is 0 Å². The van der Waals surface area contributed by atoms with E-state index in [0.29, 0.717) is 13.2 Å². The number of hydrogen-bond donors (Lipinski definition) is 2. The number of carboxylic acids is 2. The minimum Gasteiger partial charge on any atom is -0.478 e. The van der Waals surface area contributed by atoms with Crippen LogP contribution in [0.15, 0.2) is 48.5 Å². The molecule has 47 heavy (non-hydrogen) atoms. The second-order valence-corrected chi connectivity index (χ2v) is 25.0. The average Bonchev–Trinajstić information content (AvgIpc) is 2.98. The Morgan fingerprint density at radius 1 is 0.532 bits per heavy atom. The van der Waals surface area contributed by atoms with E-state index >= 15 is 0 Å². The van der Waals surface area contributed by atoms with Gasteiger partial charge in [-0.25, -0.2) is 19.2 Å². The summed E-state index contributed by atoms with van der Waals surface area (Å²) in [6, 6.07) is 13.6. The first-order chi connectivity index (χ1) is 22.0. The van der Waals surface area contributed by atoms with Crippen LogP contribution in [-0.4, -0.2) is 98.9 Å². The van der Waals surface area contributed by atoms with Crippen LogP contribution in [0.2, 0.25) is 51.4 Å². The quantitative estimate of drug-likeness (QED) is 0.0827. The molecule has 0 aliphatic heterocycles. The van der Waals surface area contributed by atoms with Crippen LogP contribution in [0.1, 0.15) is 54.3 Å². The number of ether oxygens (including phenoxy) is 4. The number of carboxylic acid groups (broad SMARTS) is 2. The highest BCUT2D eigenvalue weighted by Gasteiger charge is 2.39. The summed E-state index contributed by atoms with van der Waals surface area (Å²) in [7, 11) is -6.50. The first-order valence-electron chi connectivity index (χ1n) is 15.6. The summed E-state index contributed by atoms with van der Waals surface area (Å²) in [4.78, 5) is 47.0. The van der Waals surface area contributed by atoms with E-state index in [2.05, 4.69) is 39.3 Å². The molecular weight excluding hydrogens is 661 g/mol. The predicted molar refractivity (Wildman–Crippen MR) is 182 cm³/mol. The summed E-state index contributed by atoms with van der Waals surface area (Å²) >= 11 is 0. The van der Waals surface area contributed by atoms with E-state index in [0.717, 1.165) is 24.9 Å². The second kappa shape index (κ2) is 19.0. The van der Waals surface area contributed by atoms with Crippen LogP contribution in [0.4, 0.5) is 0 Å². The molecule has 0 bridgehead atoms. The van der Waals surface area contributed by atoms with Crippen molar-refractivity contribution in [1.82, 2.24) is 0 Å². The monoisotopic (exact) mass is 708 g/mol. The van der Waals surface area contributed by atoms with Crippen LogP contribution in [0.25, 0.3) is 0 Å². The molecular formula is C32H48O12Si3. The van der Waals surface area contributed by atoms with Crippen molar-refractivity contribution in [3.05, 3.63) is 70.8 Å². The van der Waals surface area contributed by atoms with Crippen molar-refractivity contribution in [2.75, 3.05) is 39.6 Å². The molecule has 0 aliphatic carbocycles. The van der Waals surface area contributed by atoms with E-state index in [-0.39, 0.29) is 48.7 Å². The molecule has 0 heterocycles. The van der Waals surface area contributed by atoms with Gasteiger partial charge in [0.2, 0.25) is 0 Å². The van der Waals surface area contributed by atoms with Crippen molar-refractivity contribution in [1.29, 1.82) is 0 Å². The standard InChI is InChI=1S/C32H48O12Si3/c1-45(2,23-11-17-39-19-21-41-31(37)27-15-9-7-13-25(27)29(33)34)43-47(5,6)44-46(3,4)24-12-18-40-20-22-42-32(38)28-16-10-8-14-26(28)30(35)36/h7-10,13-16H,11-12,17-24H2,1-6H3,(H,33,34)(H,35,36). The molecule has 12 nitrogen and oxygen atoms in total. The lowest BCUT2D eigenvalue weighted by Gasteiger charge is -2.38. The van der Waals surface area contributed by atoms with Gasteiger partial charge >= 0.3 is 32.4 Å². The van der Waals surface area contributed by atoms with Gasteiger partial charge in [-0.3, -0.25) is 0 Å². The second-order valence-electron chi connectivity index (χ2n) is 12.5. The fraction of sp³-hybridized carbons (Fsp3) is 0.500. The van der Waals surface area contributed by atoms with Gasteiger partial charge < -0.3 is 37.4 Å². The highest BCUT2D eigenvalue weighted by molar-refractivity contribution is 6.87. The molecule has 0 amide bonds. The number of aromatic carboxylic acids is 2. The van der Waals surface area contributed by atoms with Crippen molar-refractivity contribution in [3.63, 3.8) is 0 Å². The van der Waals surface area contributed by atoms with Crippen molar-refractivity contribution in [3.8, 4) is 0 Å². The van der Waals surface area contributed by atoms with Crippen molar-refractivity contribution in [2.24, 2.45) is 0 Å². The van der Waals surface area contributed by atoms with Gasteiger partial charge in [0.05, 0.1) is 35.5 Å². The van der Waals surface area contributed by atoms with Gasteiger partial charge in [0.1, 0.15) is 13.2 Å². The molecule has 2 aromatic rings. The lowest BCUT2D eigenvalue weighted by molar-refractivity contribution is 0.0309. The molecule has 0 atom stereocenters. The van der Waals surface area contributed by atoms with Crippen molar-refractivity contribution >= 4 is 49.1 Å². The number of rotatable bonds is 22. The lowest BCUT2D eigenvalue weighted by Crippen LogP contribution is -2.52. The Bertz CT molecular complexity index is 1250. The summed E-state index contributed by atoms with van der Waals surface area (Å²) < 4.78 is 34.9. The van der Waals surface area contributed by atoms with E-state index in [1.807, 2.05) is 0 Å². The molecule has 0 radical (unpaired) electrons. The van der Waals surface area contributed by atoms with Gasteiger partial charge in [-0.05, 0) is 88.5 Å². The molecule has 0 saturated carbocycles. The third-order valence-electron chi connectivity index (χ3n) is 6.86. The number of esters is 2. The van der Waals surface area contributed by atoms with E-state index in [1.165, 1.54) is 24.3 Å². The van der Waals surface area contributed by atoms with E-state index in [4.69, 9.17) is 27.2 Å². The summed E-state index contributed by atoms with van der Waals surface area (Å²) in [6.45, 7) is 14.3. The largest absolute Gasteiger partial charge is 0.478 e. The molecule has 2 rings (SSSR count). The van der Waals surface area contributed by atoms with Crippen LogP contribution < -0.4 is 0 Å². The summed E-state index contributed by atoms with van der Waals surface area (Å²) in [5.74, 6) is -3.76. The average molecular weight is 709 g/mol. The van der Waals surface area contributed by atoms with Gasteiger partial charge in [0.15, 0.2) is 16.6 Å². The third kappa shape index (κ3) is 15.1. The molecule has 0 spiro atoms. The molecule has 0 fully saturated rings. The Balaban J connectivity index is 1.61. The number of carbonyl (C=O) groups is 4. The van der Waals surface area contributed by atoms with Crippen LogP contribution in [0, 0.1) is 0 Å². The summed E-state index contributed by atoms with van der Waals surface area (Å²) in [5, 5.41) is 18.5. The van der Waals surface area contributed by atoms with Crippen LogP contribution in [-0.2, 0) is 27.2 Å². The number of carbonyl (C=O) groups excluding carboxylic acids is 2. The van der Waals surface area contributed by atoms with Crippen LogP contribution in [0.5, 0.6) is 0 Å². The first-order valence-corrected chi connectivity index (χ1v) is 24.6. The minimum absolute atomic E-state index is 0.0117. The van der Waals surface area contributed by atoms with Crippen molar-refractivity contribution < 1.29 is 56.6 Å². The summed E-state index contributed by atoms with van der Waals surface area (Å²) in [5.41, 5.74) is -0.174. The van der Waals surface area contributed by atoms with Gasteiger partial charge in [-0.15, -0.1) is 0 Å². The zero-order chi connectivity index (χ0) is 35.1. The molecule has 0 unspecified atom stereocenters. The maximum absolute atomic E-state index is 12.2. The van der Waals surface area contributed by atoms with E-state index in [9.17, 15) is 29.4 Å². The molecule has 0 aliphatic rings. The Hall–Kier alpha value is -3.19. The van der Waals surface area contributed by atoms with Crippen LogP contribution >= 0.6 is 0 Å². The van der Waals surface area contributed by atoms with Gasteiger partial charge in [-0.2, -0.15) is 0 Å². The Kier molecular flexibility index (Phi) is 16.1.